The summed E-state index contributed by atoms with van der Waals surface area (Å²) in [6.45, 7) is 5.45. The fraction of sp³-hybridized carbons (Fsp3) is 1.00. The van der Waals surface area contributed by atoms with Gasteiger partial charge >= 0.3 is 0 Å². The van der Waals surface area contributed by atoms with E-state index in [1.54, 1.807) is 7.11 Å². The first kappa shape index (κ1) is 16.0. The topological polar surface area (TPSA) is 75.0 Å². The van der Waals surface area contributed by atoms with Crippen LogP contribution < -0.4 is 0 Å². The molecule has 0 saturated carbocycles. The summed E-state index contributed by atoms with van der Waals surface area (Å²) in [6, 6.07) is 1.33. The summed E-state index contributed by atoms with van der Waals surface area (Å²) in [7, 11) is 1.72. The number of hydrogen-bond donors (Lipinski definition) is 0. The van der Waals surface area contributed by atoms with E-state index in [1.807, 2.05) is 0 Å². The average molecular weight is 252 g/mol. The second-order valence-electron chi connectivity index (χ2n) is 3.79. The second-order valence-corrected chi connectivity index (χ2v) is 5.49. The third-order valence-electron chi connectivity index (χ3n) is 2.11. The van der Waals surface area contributed by atoms with Gasteiger partial charge in [0.1, 0.15) is 12.2 Å². The highest BCUT2D eigenvalue weighted by atomic mass is 28.2. The molecular weight excluding hydrogens is 228 g/mol. The van der Waals surface area contributed by atoms with Gasteiger partial charge in [-0.25, -0.2) is 0 Å². The molecule has 6 heteroatoms. The van der Waals surface area contributed by atoms with Crippen LogP contribution in [0.5, 0.6) is 0 Å². The standard InChI is InChI=1S/C6H10O3.C4H12OSi.H2O/c1(5-3-8-5)7-2-6-4-9-6;1-3-4-6-5-2;/h5-6H,1-4H2;3-4,6H2,1-2H3;1H2. The van der Waals surface area contributed by atoms with E-state index in [1.165, 1.54) is 12.5 Å². The highest BCUT2D eigenvalue weighted by Gasteiger charge is 2.26. The largest absolute Gasteiger partial charge is 0.427 e. The molecule has 2 N–H and O–H groups in total. The van der Waals surface area contributed by atoms with Crippen LogP contribution in [0.25, 0.3) is 0 Å². The van der Waals surface area contributed by atoms with E-state index in [0.717, 1.165) is 26.4 Å². The molecule has 0 spiro atoms. The lowest BCUT2D eigenvalue weighted by Gasteiger charge is -1.95. The van der Waals surface area contributed by atoms with Gasteiger partial charge in [-0.05, 0) is 6.04 Å². The average Bonchev–Trinajstić information content (AvgIpc) is 3.08. The Morgan fingerprint density at radius 3 is 1.94 bits per heavy atom. The molecule has 5 nitrogen and oxygen atoms in total. The van der Waals surface area contributed by atoms with E-state index in [0.29, 0.717) is 12.2 Å². The van der Waals surface area contributed by atoms with Crippen molar-refractivity contribution in [3.05, 3.63) is 0 Å². The smallest absolute Gasteiger partial charge is 0.161 e. The van der Waals surface area contributed by atoms with Gasteiger partial charge in [0, 0.05) is 7.11 Å². The van der Waals surface area contributed by atoms with Gasteiger partial charge in [-0.1, -0.05) is 13.3 Å². The van der Waals surface area contributed by atoms with E-state index in [2.05, 4.69) is 6.92 Å². The third kappa shape index (κ3) is 10.5. The van der Waals surface area contributed by atoms with Crippen molar-refractivity contribution in [2.45, 2.75) is 31.6 Å². The van der Waals surface area contributed by atoms with Gasteiger partial charge in [-0.3, -0.25) is 0 Å². The van der Waals surface area contributed by atoms with Crippen molar-refractivity contribution >= 4 is 9.76 Å². The predicted octanol–water partition coefficient (Wildman–Crippen LogP) is -0.479. The molecule has 0 radical (unpaired) electrons. The van der Waals surface area contributed by atoms with Crippen LogP contribution in [-0.4, -0.2) is 61.0 Å². The van der Waals surface area contributed by atoms with Gasteiger partial charge in [0.2, 0.25) is 0 Å². The number of epoxide rings is 2. The second kappa shape index (κ2) is 10.2. The van der Waals surface area contributed by atoms with Crippen molar-refractivity contribution in [1.82, 2.24) is 0 Å². The number of hydrogen-bond acceptors (Lipinski definition) is 4. The van der Waals surface area contributed by atoms with Crippen LogP contribution >= 0.6 is 0 Å². The summed E-state index contributed by atoms with van der Waals surface area (Å²) < 4.78 is 20.0. The summed E-state index contributed by atoms with van der Waals surface area (Å²) in [5.41, 5.74) is 0. The van der Waals surface area contributed by atoms with Gasteiger partial charge in [0.05, 0.1) is 26.4 Å². The van der Waals surface area contributed by atoms with Gasteiger partial charge in [-0.15, -0.1) is 0 Å². The van der Waals surface area contributed by atoms with Crippen molar-refractivity contribution in [2.24, 2.45) is 0 Å². The van der Waals surface area contributed by atoms with E-state index in [9.17, 15) is 0 Å². The fourth-order valence-corrected chi connectivity index (χ4v) is 1.53. The Morgan fingerprint density at radius 2 is 1.69 bits per heavy atom. The predicted molar refractivity (Wildman–Crippen MR) is 64.6 cm³/mol. The first-order chi connectivity index (χ1) is 7.36. The lowest BCUT2D eigenvalue weighted by Crippen LogP contribution is -2.06. The highest BCUT2D eigenvalue weighted by molar-refractivity contribution is 6.26. The van der Waals surface area contributed by atoms with Crippen molar-refractivity contribution in [1.29, 1.82) is 0 Å². The van der Waals surface area contributed by atoms with Gasteiger partial charge in [-0.2, -0.15) is 0 Å². The zero-order valence-corrected chi connectivity index (χ0v) is 11.7. The third-order valence-corrected chi connectivity index (χ3v) is 3.52. The molecule has 0 aromatic carbocycles. The molecule has 2 aliphatic heterocycles. The Labute approximate surface area is 99.7 Å². The Morgan fingerprint density at radius 1 is 1.19 bits per heavy atom. The van der Waals surface area contributed by atoms with Crippen molar-refractivity contribution in [3.8, 4) is 0 Å². The molecule has 0 aliphatic carbocycles. The minimum Gasteiger partial charge on any atom is -0.427 e. The maximum absolute atomic E-state index is 5.23. The molecule has 2 saturated heterocycles. The minimum absolute atomic E-state index is 0. The van der Waals surface area contributed by atoms with E-state index in [-0.39, 0.29) is 15.2 Å². The van der Waals surface area contributed by atoms with Crippen LogP contribution in [0.4, 0.5) is 0 Å². The highest BCUT2D eigenvalue weighted by Crippen LogP contribution is 2.12. The first-order valence-corrected chi connectivity index (χ1v) is 7.24. The molecule has 2 atom stereocenters. The van der Waals surface area contributed by atoms with Crippen LogP contribution in [0.3, 0.4) is 0 Å². The summed E-state index contributed by atoms with van der Waals surface area (Å²) >= 11 is 0. The Hall–Kier alpha value is 0.0169. The van der Waals surface area contributed by atoms with Crippen molar-refractivity contribution in [3.63, 3.8) is 0 Å². The number of rotatable bonds is 7. The molecule has 2 unspecified atom stereocenters. The zero-order valence-electron chi connectivity index (χ0n) is 10.2. The van der Waals surface area contributed by atoms with Gasteiger partial charge in [0.15, 0.2) is 9.76 Å². The van der Waals surface area contributed by atoms with Crippen molar-refractivity contribution < 1.29 is 24.1 Å². The molecule has 0 aromatic heterocycles. The Bertz CT molecular complexity index is 134. The van der Waals surface area contributed by atoms with Crippen LogP contribution in [0.1, 0.15) is 13.3 Å². The van der Waals surface area contributed by atoms with Gasteiger partial charge < -0.3 is 24.1 Å². The summed E-state index contributed by atoms with van der Waals surface area (Å²) in [5.74, 6) is 0. The normalized spacial score (nSPS) is 25.9. The minimum atomic E-state index is -0.0783. The molecule has 16 heavy (non-hydrogen) atoms. The first-order valence-electron chi connectivity index (χ1n) is 5.66. The molecule has 2 rings (SSSR count). The van der Waals surface area contributed by atoms with Crippen molar-refractivity contribution in [2.75, 3.05) is 33.5 Å². The molecule has 98 valence electrons. The molecule has 0 amide bonds. The van der Waals surface area contributed by atoms with E-state index >= 15 is 0 Å². The SMILES string of the molecule is C(OCC1CO1)C1CO1.CCC[SiH2]OC.O. The summed E-state index contributed by atoms with van der Waals surface area (Å²) in [4.78, 5) is 0. The lowest BCUT2D eigenvalue weighted by atomic mass is 10.5. The Balaban J connectivity index is 0.000000289. The molecular formula is C10H24O5Si. The molecule has 0 aromatic rings. The van der Waals surface area contributed by atoms with E-state index < -0.39 is 0 Å². The van der Waals surface area contributed by atoms with Crippen LogP contribution in [0, 0.1) is 0 Å². The molecule has 2 fully saturated rings. The summed E-state index contributed by atoms with van der Waals surface area (Å²) in [5, 5.41) is 0. The molecule has 2 aliphatic rings. The summed E-state index contributed by atoms with van der Waals surface area (Å²) in [6.07, 6.45) is 2.08. The maximum atomic E-state index is 5.23. The molecule has 2 heterocycles. The zero-order chi connectivity index (χ0) is 10.9. The molecule has 0 bridgehead atoms. The van der Waals surface area contributed by atoms with Gasteiger partial charge in [0.25, 0.3) is 0 Å². The van der Waals surface area contributed by atoms with Crippen LogP contribution in [0.15, 0.2) is 0 Å². The lowest BCUT2D eigenvalue weighted by molar-refractivity contribution is 0.102. The quantitative estimate of drug-likeness (QED) is 0.348. The van der Waals surface area contributed by atoms with Crippen LogP contribution in [-0.2, 0) is 18.6 Å². The fourth-order valence-electron chi connectivity index (χ4n) is 0.948. The van der Waals surface area contributed by atoms with Crippen LogP contribution in [0.2, 0.25) is 6.04 Å². The maximum Gasteiger partial charge on any atom is 0.161 e. The van der Waals surface area contributed by atoms with E-state index in [4.69, 9.17) is 18.6 Å². The monoisotopic (exact) mass is 252 g/mol. The Kier molecular flexibility index (Phi) is 10.2. The number of ether oxygens (including phenoxy) is 3.